The number of aromatic nitrogens is 1. The molecule has 0 saturated carbocycles. The molecule has 3 rings (SSSR count). The maximum Gasteiger partial charge on any atom is 0.255 e. The number of methoxy groups -OCH3 is 1. The van der Waals surface area contributed by atoms with Crippen molar-refractivity contribution in [1.82, 2.24) is 9.88 Å². The fourth-order valence-corrected chi connectivity index (χ4v) is 3.33. The van der Waals surface area contributed by atoms with Crippen molar-refractivity contribution in [3.63, 3.8) is 0 Å². The first kappa shape index (κ1) is 19.2. The van der Waals surface area contributed by atoms with E-state index in [2.05, 4.69) is 10.3 Å². The molecular weight excluding hydrogens is 366 g/mol. The van der Waals surface area contributed by atoms with Crippen LogP contribution in [0.25, 0.3) is 0 Å². The van der Waals surface area contributed by atoms with E-state index in [4.69, 9.17) is 16.3 Å². The van der Waals surface area contributed by atoms with E-state index < -0.39 is 0 Å². The van der Waals surface area contributed by atoms with Gasteiger partial charge in [-0.2, -0.15) is 0 Å². The zero-order valence-corrected chi connectivity index (χ0v) is 16.1. The molecule has 1 saturated heterocycles. The fraction of sp³-hybridized carbons (Fsp3) is 0.350. The second-order valence-electron chi connectivity index (χ2n) is 6.60. The van der Waals surface area contributed by atoms with E-state index in [1.807, 2.05) is 6.92 Å². The molecule has 27 heavy (non-hydrogen) atoms. The fourth-order valence-electron chi connectivity index (χ4n) is 3.18. The van der Waals surface area contributed by atoms with Crippen LogP contribution in [0.4, 0.5) is 5.69 Å². The maximum atomic E-state index is 12.7. The molecule has 0 bridgehead atoms. The van der Waals surface area contributed by atoms with Crippen LogP contribution in [0.5, 0.6) is 5.75 Å². The zero-order chi connectivity index (χ0) is 19.4. The summed E-state index contributed by atoms with van der Waals surface area (Å²) >= 11 is 6.11. The predicted octanol–water partition coefficient (Wildman–Crippen LogP) is 3.54. The highest BCUT2D eigenvalue weighted by atomic mass is 35.5. The third-order valence-corrected chi connectivity index (χ3v) is 5.21. The third kappa shape index (κ3) is 4.39. The number of carbonyl (C=O) groups is 2. The molecule has 1 aliphatic rings. The van der Waals surface area contributed by atoms with Gasteiger partial charge >= 0.3 is 0 Å². The van der Waals surface area contributed by atoms with Crippen molar-refractivity contribution in [2.24, 2.45) is 5.92 Å². The lowest BCUT2D eigenvalue weighted by atomic mass is 9.95. The van der Waals surface area contributed by atoms with Gasteiger partial charge in [-0.3, -0.25) is 14.6 Å². The topological polar surface area (TPSA) is 71.5 Å². The smallest absolute Gasteiger partial charge is 0.255 e. The normalized spacial score (nSPS) is 14.7. The lowest BCUT2D eigenvalue weighted by molar-refractivity contribution is -0.121. The Kier molecular flexibility index (Phi) is 5.96. The number of nitrogens with zero attached hydrogens (tertiary/aromatic N) is 2. The number of aryl methyl sites for hydroxylation is 1. The molecule has 2 aromatic rings. The average Bonchev–Trinajstić information content (AvgIpc) is 2.70. The molecule has 1 aromatic heterocycles. The van der Waals surface area contributed by atoms with Crippen molar-refractivity contribution in [2.45, 2.75) is 19.8 Å². The first-order valence-corrected chi connectivity index (χ1v) is 9.21. The highest BCUT2D eigenvalue weighted by Crippen LogP contribution is 2.32. The number of piperidine rings is 1. The van der Waals surface area contributed by atoms with Crippen LogP contribution < -0.4 is 10.1 Å². The Labute approximate surface area is 163 Å². The number of nitrogens with one attached hydrogen (secondary N) is 1. The number of hydrogen-bond donors (Lipinski definition) is 1. The van der Waals surface area contributed by atoms with Gasteiger partial charge in [0.05, 0.1) is 18.4 Å². The Balaban J connectivity index is 1.61. The van der Waals surface area contributed by atoms with Gasteiger partial charge in [0, 0.05) is 42.5 Å². The maximum absolute atomic E-state index is 12.7. The minimum Gasteiger partial charge on any atom is -0.495 e. The molecule has 1 aliphatic heterocycles. The number of likely N-dealkylation sites (tertiary alicyclic amines) is 1. The monoisotopic (exact) mass is 387 g/mol. The van der Waals surface area contributed by atoms with Crippen molar-refractivity contribution < 1.29 is 14.3 Å². The number of carbonyl (C=O) groups excluding carboxylic acids is 2. The Morgan fingerprint density at radius 1 is 1.30 bits per heavy atom. The summed E-state index contributed by atoms with van der Waals surface area (Å²) in [5.41, 5.74) is 2.05. The van der Waals surface area contributed by atoms with Crippen molar-refractivity contribution in [3.8, 4) is 5.75 Å². The Morgan fingerprint density at radius 3 is 2.67 bits per heavy atom. The van der Waals surface area contributed by atoms with Crippen LogP contribution >= 0.6 is 11.6 Å². The van der Waals surface area contributed by atoms with Gasteiger partial charge in [-0.1, -0.05) is 11.6 Å². The van der Waals surface area contributed by atoms with E-state index in [0.29, 0.717) is 48.0 Å². The van der Waals surface area contributed by atoms with Crippen LogP contribution in [0.15, 0.2) is 36.7 Å². The van der Waals surface area contributed by atoms with E-state index in [9.17, 15) is 9.59 Å². The van der Waals surface area contributed by atoms with Gasteiger partial charge in [0.2, 0.25) is 5.91 Å². The number of benzene rings is 1. The van der Waals surface area contributed by atoms with Crippen LogP contribution in [0.3, 0.4) is 0 Å². The number of hydrogen-bond acceptors (Lipinski definition) is 4. The standard InChI is InChI=1S/C20H22ClN3O3/c1-13-10-17(18(27-2)11-16(13)21)23-19(25)14-5-8-24(9-6-14)20(26)15-4-3-7-22-12-15/h3-4,7,10-12,14H,5-6,8-9H2,1-2H3,(H,23,25). The highest BCUT2D eigenvalue weighted by Gasteiger charge is 2.28. The summed E-state index contributed by atoms with van der Waals surface area (Å²) in [7, 11) is 1.54. The SMILES string of the molecule is COc1cc(Cl)c(C)cc1NC(=O)C1CCN(C(=O)c2cccnc2)CC1. The number of halogens is 1. The molecule has 2 heterocycles. The third-order valence-electron chi connectivity index (χ3n) is 4.80. The largest absolute Gasteiger partial charge is 0.495 e. The summed E-state index contributed by atoms with van der Waals surface area (Å²) < 4.78 is 5.31. The summed E-state index contributed by atoms with van der Waals surface area (Å²) in [6.07, 6.45) is 4.44. The van der Waals surface area contributed by atoms with E-state index in [0.717, 1.165) is 5.56 Å². The van der Waals surface area contributed by atoms with E-state index in [1.165, 1.54) is 0 Å². The van der Waals surface area contributed by atoms with Gasteiger partial charge in [0.25, 0.3) is 5.91 Å². The second-order valence-corrected chi connectivity index (χ2v) is 7.01. The van der Waals surface area contributed by atoms with E-state index in [1.54, 1.807) is 48.7 Å². The minimum absolute atomic E-state index is 0.0445. The predicted molar refractivity (Wildman–Crippen MR) is 104 cm³/mol. The van der Waals surface area contributed by atoms with Crippen LogP contribution in [0.2, 0.25) is 5.02 Å². The Bertz CT molecular complexity index is 834. The van der Waals surface area contributed by atoms with Gasteiger partial charge in [-0.25, -0.2) is 0 Å². The zero-order valence-electron chi connectivity index (χ0n) is 15.4. The Morgan fingerprint density at radius 2 is 2.04 bits per heavy atom. The molecule has 0 atom stereocenters. The van der Waals surface area contributed by atoms with Crippen molar-refractivity contribution >= 4 is 29.1 Å². The molecule has 0 aliphatic carbocycles. The molecule has 7 heteroatoms. The van der Waals surface area contributed by atoms with Gasteiger partial charge in [0.1, 0.15) is 5.75 Å². The first-order valence-electron chi connectivity index (χ1n) is 8.84. The highest BCUT2D eigenvalue weighted by molar-refractivity contribution is 6.31. The molecule has 1 N–H and O–H groups in total. The summed E-state index contributed by atoms with van der Waals surface area (Å²) in [4.78, 5) is 30.9. The molecule has 1 aromatic carbocycles. The molecule has 0 unspecified atom stereocenters. The number of anilines is 1. The first-order chi connectivity index (χ1) is 13.0. The van der Waals surface area contributed by atoms with Gasteiger partial charge < -0.3 is 15.0 Å². The molecule has 2 amide bonds. The molecule has 1 fully saturated rings. The van der Waals surface area contributed by atoms with Crippen LogP contribution in [0.1, 0.15) is 28.8 Å². The van der Waals surface area contributed by atoms with Crippen molar-refractivity contribution in [2.75, 3.05) is 25.5 Å². The molecule has 0 spiro atoms. The quantitative estimate of drug-likeness (QED) is 0.870. The van der Waals surface area contributed by atoms with E-state index in [-0.39, 0.29) is 17.7 Å². The van der Waals surface area contributed by atoms with Gasteiger partial charge in [-0.05, 0) is 43.5 Å². The minimum atomic E-state index is -0.149. The summed E-state index contributed by atoms with van der Waals surface area (Å²) in [6, 6.07) is 7.00. The molecule has 142 valence electrons. The number of ether oxygens (including phenoxy) is 1. The summed E-state index contributed by atoms with van der Waals surface area (Å²) in [6.45, 7) is 2.96. The lowest BCUT2D eigenvalue weighted by Crippen LogP contribution is -2.41. The van der Waals surface area contributed by atoms with Crippen LogP contribution in [-0.2, 0) is 4.79 Å². The van der Waals surface area contributed by atoms with Crippen LogP contribution in [0, 0.1) is 12.8 Å². The van der Waals surface area contributed by atoms with Crippen LogP contribution in [-0.4, -0.2) is 41.9 Å². The second kappa shape index (κ2) is 8.39. The number of pyridine rings is 1. The van der Waals surface area contributed by atoms with Gasteiger partial charge in [-0.15, -0.1) is 0 Å². The molecule has 0 radical (unpaired) electrons. The number of rotatable bonds is 4. The summed E-state index contributed by atoms with van der Waals surface area (Å²) in [5.74, 6) is 0.271. The van der Waals surface area contributed by atoms with Crippen molar-refractivity contribution in [1.29, 1.82) is 0 Å². The average molecular weight is 388 g/mol. The molecule has 6 nitrogen and oxygen atoms in total. The lowest BCUT2D eigenvalue weighted by Gasteiger charge is -2.31. The summed E-state index contributed by atoms with van der Waals surface area (Å²) in [5, 5.41) is 3.53. The van der Waals surface area contributed by atoms with Gasteiger partial charge in [0.15, 0.2) is 0 Å². The van der Waals surface area contributed by atoms with Crippen molar-refractivity contribution in [3.05, 3.63) is 52.8 Å². The van der Waals surface area contributed by atoms with E-state index >= 15 is 0 Å². The number of amides is 2. The Hall–Kier alpha value is -2.60. The molecular formula is C20H22ClN3O3.